The fourth-order valence-corrected chi connectivity index (χ4v) is 3.33. The SMILES string of the molecule is O=C(NC[C@@H]1Cc2cc(-c3cccnc3)cc(F)c2O1)c1ccc(F)c(Cl)c1. The van der Waals surface area contributed by atoms with Gasteiger partial charge in [0, 0.05) is 35.5 Å². The fourth-order valence-electron chi connectivity index (χ4n) is 3.15. The summed E-state index contributed by atoms with van der Waals surface area (Å²) in [6.07, 6.45) is 3.39. The molecule has 1 N–H and O–H groups in total. The van der Waals surface area contributed by atoms with E-state index in [-0.39, 0.29) is 22.9 Å². The molecule has 1 aliphatic rings. The van der Waals surface area contributed by atoms with E-state index in [9.17, 15) is 13.6 Å². The van der Waals surface area contributed by atoms with Crippen molar-refractivity contribution in [1.82, 2.24) is 10.3 Å². The first-order valence-electron chi connectivity index (χ1n) is 8.64. The lowest BCUT2D eigenvalue weighted by molar-refractivity contribution is 0.0933. The Morgan fingerprint density at radius 1 is 1.18 bits per heavy atom. The summed E-state index contributed by atoms with van der Waals surface area (Å²) in [6.45, 7) is 0.185. The molecule has 2 aromatic carbocycles. The highest BCUT2D eigenvalue weighted by atomic mass is 35.5. The molecule has 0 bridgehead atoms. The van der Waals surface area contributed by atoms with E-state index in [2.05, 4.69) is 10.3 Å². The highest BCUT2D eigenvalue weighted by Gasteiger charge is 2.27. The molecule has 4 nitrogen and oxygen atoms in total. The molecule has 7 heteroatoms. The van der Waals surface area contributed by atoms with Crippen LogP contribution in [0.2, 0.25) is 5.02 Å². The number of hydrogen-bond acceptors (Lipinski definition) is 3. The Balaban J connectivity index is 1.44. The second kappa shape index (κ2) is 7.56. The maximum Gasteiger partial charge on any atom is 0.251 e. The van der Waals surface area contributed by atoms with Gasteiger partial charge in [-0.3, -0.25) is 9.78 Å². The Morgan fingerprint density at radius 2 is 2.04 bits per heavy atom. The first-order chi connectivity index (χ1) is 13.5. The van der Waals surface area contributed by atoms with Crippen LogP contribution in [-0.4, -0.2) is 23.5 Å². The van der Waals surface area contributed by atoms with Crippen molar-refractivity contribution in [2.75, 3.05) is 6.54 Å². The molecule has 0 unspecified atom stereocenters. The summed E-state index contributed by atoms with van der Waals surface area (Å²) in [4.78, 5) is 16.3. The summed E-state index contributed by atoms with van der Waals surface area (Å²) in [5, 5.41) is 2.59. The van der Waals surface area contributed by atoms with Crippen LogP contribution in [-0.2, 0) is 6.42 Å². The molecule has 1 atom stereocenters. The van der Waals surface area contributed by atoms with E-state index in [1.165, 1.54) is 18.2 Å². The number of ether oxygens (including phenoxy) is 1. The van der Waals surface area contributed by atoms with Gasteiger partial charge in [-0.2, -0.15) is 0 Å². The molecule has 1 aliphatic heterocycles. The molecule has 0 saturated heterocycles. The molecule has 0 aliphatic carbocycles. The van der Waals surface area contributed by atoms with Crippen LogP contribution in [0, 0.1) is 11.6 Å². The molecule has 0 spiro atoms. The molecule has 0 fully saturated rings. The van der Waals surface area contributed by atoms with Gasteiger partial charge in [0.1, 0.15) is 11.9 Å². The van der Waals surface area contributed by atoms with E-state index in [0.717, 1.165) is 22.8 Å². The molecule has 1 amide bonds. The van der Waals surface area contributed by atoms with Crippen molar-refractivity contribution in [2.45, 2.75) is 12.5 Å². The lowest BCUT2D eigenvalue weighted by Crippen LogP contribution is -2.34. The summed E-state index contributed by atoms with van der Waals surface area (Å²) in [5.41, 5.74) is 2.52. The standard InChI is InChI=1S/C21H15ClF2N2O2/c22-17-8-12(3-4-18(17)23)21(27)26-11-16-7-15-6-14(9-19(24)20(15)28-16)13-2-1-5-25-10-13/h1-6,8-10,16H,7,11H2,(H,26,27)/t16-/m0/s1. The first kappa shape index (κ1) is 18.4. The number of pyridine rings is 1. The van der Waals surface area contributed by atoms with Gasteiger partial charge in [-0.15, -0.1) is 0 Å². The lowest BCUT2D eigenvalue weighted by atomic mass is 10.0. The van der Waals surface area contributed by atoms with Crippen molar-refractivity contribution in [3.63, 3.8) is 0 Å². The molecule has 0 radical (unpaired) electrons. The van der Waals surface area contributed by atoms with Gasteiger partial charge in [-0.05, 0) is 42.0 Å². The predicted octanol–water partition coefficient (Wildman–Crippen LogP) is 4.41. The zero-order valence-electron chi connectivity index (χ0n) is 14.6. The number of hydrogen-bond donors (Lipinski definition) is 1. The van der Waals surface area contributed by atoms with E-state index >= 15 is 0 Å². The van der Waals surface area contributed by atoms with Crippen LogP contribution in [0.5, 0.6) is 5.75 Å². The number of carbonyl (C=O) groups is 1. The van der Waals surface area contributed by atoms with Gasteiger partial charge in [0.05, 0.1) is 11.6 Å². The predicted molar refractivity (Wildman–Crippen MR) is 101 cm³/mol. The van der Waals surface area contributed by atoms with Crippen molar-refractivity contribution in [2.24, 2.45) is 0 Å². The zero-order chi connectivity index (χ0) is 19.7. The maximum absolute atomic E-state index is 14.5. The van der Waals surface area contributed by atoms with Gasteiger partial charge in [0.2, 0.25) is 0 Å². The smallest absolute Gasteiger partial charge is 0.251 e. The summed E-state index contributed by atoms with van der Waals surface area (Å²) in [6, 6.07) is 10.7. The molecule has 2 heterocycles. The van der Waals surface area contributed by atoms with Gasteiger partial charge in [-0.1, -0.05) is 17.7 Å². The topological polar surface area (TPSA) is 51.2 Å². The highest BCUT2D eigenvalue weighted by Crippen LogP contribution is 2.35. The third-order valence-corrected chi connectivity index (χ3v) is 4.81. The summed E-state index contributed by atoms with van der Waals surface area (Å²) in [5.74, 6) is -1.24. The van der Waals surface area contributed by atoms with E-state index in [1.807, 2.05) is 12.1 Å². The molecule has 142 valence electrons. The van der Waals surface area contributed by atoms with Crippen molar-refractivity contribution in [3.8, 4) is 16.9 Å². The van der Waals surface area contributed by atoms with Crippen LogP contribution < -0.4 is 10.1 Å². The number of amides is 1. The van der Waals surface area contributed by atoms with Crippen LogP contribution in [0.3, 0.4) is 0 Å². The number of fused-ring (bicyclic) bond motifs is 1. The molecular weight excluding hydrogens is 386 g/mol. The lowest BCUT2D eigenvalue weighted by Gasteiger charge is -2.12. The molecule has 28 heavy (non-hydrogen) atoms. The third-order valence-electron chi connectivity index (χ3n) is 4.52. The average molecular weight is 401 g/mol. The fraction of sp³-hybridized carbons (Fsp3) is 0.143. The number of nitrogens with one attached hydrogen (secondary N) is 1. The number of benzene rings is 2. The Morgan fingerprint density at radius 3 is 2.79 bits per heavy atom. The van der Waals surface area contributed by atoms with E-state index in [4.69, 9.17) is 16.3 Å². The molecule has 4 rings (SSSR count). The minimum absolute atomic E-state index is 0.123. The summed E-state index contributed by atoms with van der Waals surface area (Å²) < 4.78 is 33.4. The normalized spacial score (nSPS) is 15.0. The monoisotopic (exact) mass is 400 g/mol. The number of nitrogens with zero attached hydrogens (tertiary/aromatic N) is 1. The maximum atomic E-state index is 14.5. The largest absolute Gasteiger partial charge is 0.485 e. The average Bonchev–Trinajstić information content (AvgIpc) is 3.12. The third kappa shape index (κ3) is 3.68. The van der Waals surface area contributed by atoms with E-state index in [0.29, 0.717) is 6.42 Å². The Bertz CT molecular complexity index is 1040. The second-order valence-corrected chi connectivity index (χ2v) is 6.88. The van der Waals surface area contributed by atoms with Gasteiger partial charge < -0.3 is 10.1 Å². The minimum Gasteiger partial charge on any atom is -0.485 e. The van der Waals surface area contributed by atoms with E-state index < -0.39 is 23.6 Å². The Hall–Kier alpha value is -2.99. The van der Waals surface area contributed by atoms with Crippen LogP contribution in [0.15, 0.2) is 54.9 Å². The summed E-state index contributed by atoms with van der Waals surface area (Å²) >= 11 is 5.70. The number of halogens is 3. The highest BCUT2D eigenvalue weighted by molar-refractivity contribution is 6.31. The second-order valence-electron chi connectivity index (χ2n) is 6.47. The quantitative estimate of drug-likeness (QED) is 0.705. The van der Waals surface area contributed by atoms with Gasteiger partial charge in [-0.25, -0.2) is 8.78 Å². The van der Waals surface area contributed by atoms with Crippen molar-refractivity contribution >= 4 is 17.5 Å². The van der Waals surface area contributed by atoms with Crippen molar-refractivity contribution in [1.29, 1.82) is 0 Å². The van der Waals surface area contributed by atoms with Gasteiger partial charge >= 0.3 is 0 Å². The Labute approximate surface area is 165 Å². The number of aromatic nitrogens is 1. The molecule has 3 aromatic rings. The van der Waals surface area contributed by atoms with Gasteiger partial charge in [0.25, 0.3) is 5.91 Å². The molecular formula is C21H15ClF2N2O2. The zero-order valence-corrected chi connectivity index (χ0v) is 15.3. The number of rotatable bonds is 4. The van der Waals surface area contributed by atoms with Crippen molar-refractivity contribution < 1.29 is 18.3 Å². The van der Waals surface area contributed by atoms with Crippen LogP contribution in [0.25, 0.3) is 11.1 Å². The van der Waals surface area contributed by atoms with Gasteiger partial charge in [0.15, 0.2) is 11.6 Å². The Kier molecular flexibility index (Phi) is 4.96. The van der Waals surface area contributed by atoms with Crippen LogP contribution in [0.1, 0.15) is 15.9 Å². The van der Waals surface area contributed by atoms with Crippen molar-refractivity contribution in [3.05, 3.63) is 82.6 Å². The van der Waals surface area contributed by atoms with Crippen LogP contribution in [0.4, 0.5) is 8.78 Å². The first-order valence-corrected chi connectivity index (χ1v) is 9.02. The van der Waals surface area contributed by atoms with Crippen LogP contribution >= 0.6 is 11.6 Å². The number of carbonyl (C=O) groups excluding carboxylic acids is 1. The van der Waals surface area contributed by atoms with E-state index in [1.54, 1.807) is 18.5 Å². The summed E-state index contributed by atoms with van der Waals surface area (Å²) in [7, 11) is 0. The molecule has 0 saturated carbocycles. The molecule has 1 aromatic heterocycles. The minimum atomic E-state index is -0.590.